The van der Waals surface area contributed by atoms with Crippen LogP contribution in [0.15, 0.2) is 34.9 Å². The van der Waals surface area contributed by atoms with Crippen LogP contribution in [0.25, 0.3) is 0 Å². The van der Waals surface area contributed by atoms with Crippen LogP contribution in [-0.2, 0) is 19.1 Å². The van der Waals surface area contributed by atoms with E-state index in [9.17, 15) is 29.8 Å². The average Bonchev–Trinajstić information content (AvgIpc) is 2.90. The Morgan fingerprint density at radius 2 is 1.39 bits per heavy atom. The lowest BCUT2D eigenvalue weighted by atomic mass is 10.0. The van der Waals surface area contributed by atoms with Crippen molar-refractivity contribution in [2.24, 2.45) is 5.10 Å². The Hall–Kier alpha value is -3.83. The molecule has 1 aromatic carbocycles. The molecule has 1 rings (SSSR count). The number of nitro benzene ring substituents is 2. The quantitative estimate of drug-likeness (QED) is 0.0670. The molecule has 210 valence electrons. The summed E-state index contributed by atoms with van der Waals surface area (Å²) in [5.41, 5.74) is 2.87. The Balaban J connectivity index is 2.66. The van der Waals surface area contributed by atoms with Crippen molar-refractivity contribution in [1.82, 2.24) is 0 Å². The maximum atomic E-state index is 11.3. The first-order chi connectivity index (χ1) is 18.3. The molecule has 0 fully saturated rings. The Bertz CT molecular complexity index is 978. The third kappa shape index (κ3) is 14.0. The molecule has 12 nitrogen and oxygen atoms in total. The Morgan fingerprint density at radius 3 is 1.95 bits per heavy atom. The van der Waals surface area contributed by atoms with Gasteiger partial charge in [-0.05, 0) is 50.2 Å². The molecular weight excluding hydrogens is 496 g/mol. The van der Waals surface area contributed by atoms with Crippen molar-refractivity contribution >= 4 is 35.2 Å². The van der Waals surface area contributed by atoms with Gasteiger partial charge in [0.2, 0.25) is 0 Å². The van der Waals surface area contributed by atoms with E-state index in [2.05, 4.69) is 26.1 Å². The van der Waals surface area contributed by atoms with Crippen LogP contribution in [0, 0.1) is 20.2 Å². The molecule has 0 aromatic heterocycles. The number of carbonyl (C=O) groups excluding carboxylic acids is 2. The number of hydrogen-bond donors (Lipinski definition) is 1. The lowest BCUT2D eigenvalue weighted by Gasteiger charge is -2.05. The predicted molar refractivity (Wildman–Crippen MR) is 144 cm³/mol. The number of esters is 2. The predicted octanol–water partition coefficient (Wildman–Crippen LogP) is 6.24. The van der Waals surface area contributed by atoms with E-state index in [1.54, 1.807) is 6.21 Å². The number of unbranched alkanes of at least 4 members (excludes halogenated alkanes) is 8. The number of benzene rings is 1. The summed E-state index contributed by atoms with van der Waals surface area (Å²) < 4.78 is 9.29. The number of methoxy groups -OCH3 is 2. The topological polar surface area (TPSA) is 163 Å². The van der Waals surface area contributed by atoms with Gasteiger partial charge in [0.25, 0.3) is 5.69 Å². The van der Waals surface area contributed by atoms with Gasteiger partial charge in [-0.25, -0.2) is 0 Å². The minimum absolute atomic E-state index is 0.0611. The highest BCUT2D eigenvalue weighted by atomic mass is 16.6. The Morgan fingerprint density at radius 1 is 0.842 bits per heavy atom. The molecule has 12 heteroatoms. The van der Waals surface area contributed by atoms with Gasteiger partial charge in [0.15, 0.2) is 0 Å². The number of rotatable bonds is 20. The van der Waals surface area contributed by atoms with Crippen LogP contribution in [0.3, 0.4) is 0 Å². The van der Waals surface area contributed by atoms with Gasteiger partial charge in [0, 0.05) is 18.9 Å². The van der Waals surface area contributed by atoms with Gasteiger partial charge in [-0.15, -0.1) is 0 Å². The molecule has 1 N–H and O–H groups in total. The van der Waals surface area contributed by atoms with Crippen LogP contribution < -0.4 is 5.43 Å². The molecule has 0 spiro atoms. The second kappa shape index (κ2) is 19.3. The molecule has 0 aliphatic carbocycles. The first-order valence-corrected chi connectivity index (χ1v) is 12.8. The minimum atomic E-state index is -0.693. The summed E-state index contributed by atoms with van der Waals surface area (Å²) in [6, 6.07) is 3.34. The van der Waals surface area contributed by atoms with Crippen molar-refractivity contribution < 1.29 is 28.9 Å². The molecule has 0 heterocycles. The summed E-state index contributed by atoms with van der Waals surface area (Å²) in [5.74, 6) is -0.399. The van der Waals surface area contributed by atoms with Crippen molar-refractivity contribution in [1.29, 1.82) is 0 Å². The number of anilines is 1. The molecule has 0 saturated carbocycles. The normalized spacial score (nSPS) is 11.4. The number of hydrogen-bond acceptors (Lipinski definition) is 10. The molecule has 0 amide bonds. The zero-order valence-corrected chi connectivity index (χ0v) is 22.2. The van der Waals surface area contributed by atoms with Gasteiger partial charge in [-0.3, -0.25) is 35.2 Å². The molecule has 0 saturated heterocycles. The number of hydrazone groups is 1. The molecule has 0 atom stereocenters. The van der Waals surface area contributed by atoms with Gasteiger partial charge in [0.05, 0.1) is 36.3 Å². The zero-order valence-electron chi connectivity index (χ0n) is 22.2. The molecule has 38 heavy (non-hydrogen) atoms. The smallest absolute Gasteiger partial charge is 0.305 e. The number of non-ortho nitro benzene ring substituents is 1. The third-order valence-electron chi connectivity index (χ3n) is 5.85. The Labute approximate surface area is 222 Å². The summed E-state index contributed by atoms with van der Waals surface area (Å²) >= 11 is 0. The number of carbonyl (C=O) groups is 2. The molecule has 0 aliphatic heterocycles. The summed E-state index contributed by atoms with van der Waals surface area (Å²) in [5, 5.41) is 26.4. The first-order valence-electron chi connectivity index (χ1n) is 12.8. The lowest BCUT2D eigenvalue weighted by molar-refractivity contribution is -0.393. The highest BCUT2D eigenvalue weighted by molar-refractivity contribution is 5.79. The van der Waals surface area contributed by atoms with E-state index in [0.29, 0.717) is 12.8 Å². The van der Waals surface area contributed by atoms with Gasteiger partial charge in [0.1, 0.15) is 5.69 Å². The van der Waals surface area contributed by atoms with Crippen LogP contribution in [0.4, 0.5) is 17.1 Å². The average molecular weight is 535 g/mol. The minimum Gasteiger partial charge on any atom is -0.469 e. The maximum Gasteiger partial charge on any atom is 0.305 e. The van der Waals surface area contributed by atoms with Crippen LogP contribution in [0.1, 0.15) is 83.5 Å². The van der Waals surface area contributed by atoms with Crippen LogP contribution in [0.2, 0.25) is 0 Å². The number of ether oxygens (including phenoxy) is 2. The second-order valence-electron chi connectivity index (χ2n) is 8.74. The SMILES string of the molecule is COC(=O)CCCCCCCC=C(C=NNc1ccc([N+](=O)[O-])cc1[N+](=O)[O-])CCCCCCC(=O)OC. The highest BCUT2D eigenvalue weighted by Crippen LogP contribution is 2.29. The first kappa shape index (κ1) is 32.2. The maximum absolute atomic E-state index is 11.3. The molecule has 1 aromatic rings. The summed E-state index contributed by atoms with van der Waals surface area (Å²) in [4.78, 5) is 43.3. The van der Waals surface area contributed by atoms with E-state index in [1.165, 1.54) is 26.4 Å². The van der Waals surface area contributed by atoms with Gasteiger partial charge >= 0.3 is 17.6 Å². The summed E-state index contributed by atoms with van der Waals surface area (Å²) in [6.45, 7) is 0. The summed E-state index contributed by atoms with van der Waals surface area (Å²) in [7, 11) is 2.76. The monoisotopic (exact) mass is 534 g/mol. The van der Waals surface area contributed by atoms with Crippen molar-refractivity contribution in [3.8, 4) is 0 Å². The molecule has 0 radical (unpaired) electrons. The van der Waals surface area contributed by atoms with Gasteiger partial charge in [-0.1, -0.05) is 38.2 Å². The third-order valence-corrected chi connectivity index (χ3v) is 5.85. The lowest BCUT2D eigenvalue weighted by Crippen LogP contribution is -2.00. The van der Waals surface area contributed by atoms with Crippen molar-refractivity contribution in [3.63, 3.8) is 0 Å². The van der Waals surface area contributed by atoms with E-state index in [4.69, 9.17) is 0 Å². The zero-order chi connectivity index (χ0) is 28.2. The number of nitrogens with zero attached hydrogens (tertiary/aromatic N) is 3. The summed E-state index contributed by atoms with van der Waals surface area (Å²) in [6.07, 6.45) is 14.5. The van der Waals surface area contributed by atoms with E-state index < -0.39 is 15.5 Å². The van der Waals surface area contributed by atoms with E-state index in [1.807, 2.05) is 0 Å². The standard InChI is InChI=1S/C26H38N4O8/c1-37-25(31)15-11-6-4-3-5-9-13-21(14-10-7-8-12-16-26(32)38-2)20-27-28-23-18-17-22(29(33)34)19-24(23)30(35)36/h13,17-20,28H,3-12,14-16H2,1-2H3. The van der Waals surface area contributed by atoms with E-state index in [-0.39, 0.29) is 23.3 Å². The number of nitro groups is 2. The highest BCUT2D eigenvalue weighted by Gasteiger charge is 2.19. The van der Waals surface area contributed by atoms with Gasteiger partial charge < -0.3 is 9.47 Å². The largest absolute Gasteiger partial charge is 0.469 e. The molecule has 0 unspecified atom stereocenters. The van der Waals surface area contributed by atoms with Crippen molar-refractivity contribution in [2.75, 3.05) is 19.6 Å². The number of nitrogens with one attached hydrogen (secondary N) is 1. The fraction of sp³-hybridized carbons (Fsp3) is 0.577. The fourth-order valence-electron chi connectivity index (χ4n) is 3.67. The van der Waals surface area contributed by atoms with Crippen LogP contribution in [0.5, 0.6) is 0 Å². The van der Waals surface area contributed by atoms with Crippen molar-refractivity contribution in [2.45, 2.75) is 83.5 Å². The number of allylic oxidation sites excluding steroid dienone is 2. The second-order valence-corrected chi connectivity index (χ2v) is 8.74. The molecule has 0 bridgehead atoms. The fourth-order valence-corrected chi connectivity index (χ4v) is 3.67. The van der Waals surface area contributed by atoms with E-state index in [0.717, 1.165) is 82.3 Å². The molecular formula is C26H38N4O8. The molecule has 0 aliphatic rings. The Kier molecular flexibility index (Phi) is 16.4. The van der Waals surface area contributed by atoms with E-state index >= 15 is 0 Å². The van der Waals surface area contributed by atoms with Crippen LogP contribution >= 0.6 is 0 Å². The van der Waals surface area contributed by atoms with Gasteiger partial charge in [-0.2, -0.15) is 5.10 Å². The van der Waals surface area contributed by atoms with Crippen LogP contribution in [-0.4, -0.2) is 42.2 Å². The van der Waals surface area contributed by atoms with Crippen molar-refractivity contribution in [3.05, 3.63) is 50.1 Å².